The summed E-state index contributed by atoms with van der Waals surface area (Å²) in [5.74, 6) is -0.622. The summed E-state index contributed by atoms with van der Waals surface area (Å²) in [4.78, 5) is 11.2. The molecule has 0 aliphatic carbocycles. The van der Waals surface area contributed by atoms with Gasteiger partial charge in [0.1, 0.15) is 16.9 Å². The normalized spacial score (nSPS) is 10.9. The van der Waals surface area contributed by atoms with Gasteiger partial charge in [-0.15, -0.1) is 0 Å². The molecule has 0 bridgehead atoms. The summed E-state index contributed by atoms with van der Waals surface area (Å²) < 4.78 is 5.48. The van der Waals surface area contributed by atoms with Gasteiger partial charge in [0.05, 0.1) is 13.2 Å². The van der Waals surface area contributed by atoms with Crippen LogP contribution in [-0.2, 0) is 6.54 Å². The Morgan fingerprint density at radius 2 is 2.12 bits per heavy atom. The third kappa shape index (κ3) is 2.30. The molecule has 2 rings (SSSR count). The van der Waals surface area contributed by atoms with Crippen molar-refractivity contribution in [2.45, 2.75) is 6.54 Å². The van der Waals surface area contributed by atoms with Gasteiger partial charge in [0.15, 0.2) is 0 Å². The number of fused-ring (bicyclic) bond motifs is 1. The number of nitrogens with one attached hydrogen (secondary N) is 1. The van der Waals surface area contributed by atoms with Crippen LogP contribution in [0.15, 0.2) is 28.7 Å². The first kappa shape index (κ1) is 11.6. The summed E-state index contributed by atoms with van der Waals surface area (Å²) in [5, 5.41) is 21.3. The summed E-state index contributed by atoms with van der Waals surface area (Å²) in [7, 11) is 0. The second-order valence-electron chi connectivity index (χ2n) is 3.60. The lowest BCUT2D eigenvalue weighted by molar-refractivity contribution is 0.0696. The molecule has 0 aliphatic heterocycles. The highest BCUT2D eigenvalue weighted by Gasteiger charge is 2.19. The molecular weight excluding hydrogens is 222 g/mol. The number of aromatic carboxylic acids is 1. The van der Waals surface area contributed by atoms with E-state index >= 15 is 0 Å². The van der Waals surface area contributed by atoms with Gasteiger partial charge in [-0.3, -0.25) is 0 Å². The number of hydrogen-bond donors (Lipinski definition) is 3. The third-order valence-corrected chi connectivity index (χ3v) is 2.46. The number of aliphatic hydroxyl groups excluding tert-OH is 1. The molecule has 17 heavy (non-hydrogen) atoms. The molecule has 0 aliphatic rings. The quantitative estimate of drug-likeness (QED) is 0.678. The molecule has 0 radical (unpaired) electrons. The first-order valence-corrected chi connectivity index (χ1v) is 5.29. The van der Waals surface area contributed by atoms with E-state index in [0.29, 0.717) is 23.3 Å². The van der Waals surface area contributed by atoms with Gasteiger partial charge in [-0.1, -0.05) is 18.2 Å². The van der Waals surface area contributed by atoms with Gasteiger partial charge < -0.3 is 19.9 Å². The van der Waals surface area contributed by atoms with Crippen LogP contribution in [0.4, 0.5) is 0 Å². The number of benzene rings is 1. The number of furan rings is 1. The van der Waals surface area contributed by atoms with Gasteiger partial charge in [-0.05, 0) is 6.07 Å². The van der Waals surface area contributed by atoms with Crippen molar-refractivity contribution in [2.24, 2.45) is 0 Å². The molecule has 0 fully saturated rings. The first-order chi connectivity index (χ1) is 8.24. The maximum atomic E-state index is 11.2. The Kier molecular flexibility index (Phi) is 3.41. The fourth-order valence-corrected chi connectivity index (χ4v) is 1.74. The van der Waals surface area contributed by atoms with E-state index in [0.717, 1.165) is 0 Å². The predicted molar refractivity (Wildman–Crippen MR) is 62.0 cm³/mol. The molecule has 2 aromatic rings. The van der Waals surface area contributed by atoms with Crippen LogP contribution in [0, 0.1) is 0 Å². The molecular formula is C12H13NO4. The van der Waals surface area contributed by atoms with E-state index < -0.39 is 5.97 Å². The fraction of sp³-hybridized carbons (Fsp3) is 0.250. The zero-order valence-electron chi connectivity index (χ0n) is 9.14. The van der Waals surface area contributed by atoms with Crippen molar-refractivity contribution in [1.82, 2.24) is 5.32 Å². The lowest BCUT2D eigenvalue weighted by Crippen LogP contribution is -2.18. The Labute approximate surface area is 97.7 Å². The fourth-order valence-electron chi connectivity index (χ4n) is 1.74. The number of carbonyl (C=O) groups is 1. The Morgan fingerprint density at radius 1 is 1.35 bits per heavy atom. The van der Waals surface area contributed by atoms with Gasteiger partial charge in [0.25, 0.3) is 0 Å². The molecule has 0 saturated heterocycles. The van der Waals surface area contributed by atoms with E-state index in [-0.39, 0.29) is 18.7 Å². The summed E-state index contributed by atoms with van der Waals surface area (Å²) in [6.45, 7) is 0.690. The molecule has 0 amide bonds. The summed E-state index contributed by atoms with van der Waals surface area (Å²) in [5.41, 5.74) is 0.747. The highest BCUT2D eigenvalue weighted by molar-refractivity contribution is 6.03. The second-order valence-corrected chi connectivity index (χ2v) is 3.60. The minimum atomic E-state index is -1.00. The summed E-state index contributed by atoms with van der Waals surface area (Å²) in [6, 6.07) is 7.02. The molecule has 0 atom stereocenters. The maximum Gasteiger partial charge on any atom is 0.339 e. The van der Waals surface area contributed by atoms with Crippen LogP contribution in [0.2, 0.25) is 0 Å². The Hall–Kier alpha value is -1.85. The first-order valence-electron chi connectivity index (χ1n) is 5.29. The van der Waals surface area contributed by atoms with Crippen LogP contribution in [0.3, 0.4) is 0 Å². The van der Waals surface area contributed by atoms with Gasteiger partial charge in [0.2, 0.25) is 0 Å². The Balaban J connectivity index is 2.39. The standard InChI is InChI=1S/C12H13NO4/c14-6-5-13-7-10-11(12(15)16)8-3-1-2-4-9(8)17-10/h1-4,13-14H,5-7H2,(H,15,16). The van der Waals surface area contributed by atoms with Crippen LogP contribution in [0.5, 0.6) is 0 Å². The number of rotatable bonds is 5. The molecule has 5 heteroatoms. The number of aliphatic hydroxyl groups is 1. The summed E-state index contributed by atoms with van der Waals surface area (Å²) in [6.07, 6.45) is 0. The average molecular weight is 235 g/mol. The zero-order valence-corrected chi connectivity index (χ0v) is 9.14. The van der Waals surface area contributed by atoms with Crippen LogP contribution in [0.25, 0.3) is 11.0 Å². The van der Waals surface area contributed by atoms with Crippen molar-refractivity contribution in [3.8, 4) is 0 Å². The molecule has 3 N–H and O–H groups in total. The zero-order chi connectivity index (χ0) is 12.3. The smallest absolute Gasteiger partial charge is 0.339 e. The molecule has 1 aromatic carbocycles. The lowest BCUT2D eigenvalue weighted by Gasteiger charge is -2.00. The van der Waals surface area contributed by atoms with E-state index in [2.05, 4.69) is 5.32 Å². The van der Waals surface area contributed by atoms with Crippen LogP contribution >= 0.6 is 0 Å². The van der Waals surface area contributed by atoms with Gasteiger partial charge in [-0.25, -0.2) is 4.79 Å². The van der Waals surface area contributed by atoms with Crippen LogP contribution in [-0.4, -0.2) is 29.3 Å². The van der Waals surface area contributed by atoms with E-state index in [1.54, 1.807) is 24.3 Å². The van der Waals surface area contributed by atoms with Crippen molar-refractivity contribution in [1.29, 1.82) is 0 Å². The van der Waals surface area contributed by atoms with Crippen molar-refractivity contribution in [2.75, 3.05) is 13.2 Å². The van der Waals surface area contributed by atoms with Gasteiger partial charge in [0, 0.05) is 11.9 Å². The number of carboxylic acid groups (broad SMARTS) is 1. The molecule has 0 unspecified atom stereocenters. The van der Waals surface area contributed by atoms with Crippen LogP contribution < -0.4 is 5.32 Å². The Morgan fingerprint density at radius 3 is 2.82 bits per heavy atom. The molecule has 1 aromatic heterocycles. The third-order valence-electron chi connectivity index (χ3n) is 2.46. The average Bonchev–Trinajstić information content (AvgIpc) is 2.67. The van der Waals surface area contributed by atoms with E-state index in [1.165, 1.54) is 0 Å². The highest BCUT2D eigenvalue weighted by atomic mass is 16.4. The van der Waals surface area contributed by atoms with E-state index in [9.17, 15) is 9.90 Å². The van der Waals surface area contributed by atoms with Crippen molar-refractivity contribution >= 4 is 16.9 Å². The van der Waals surface area contributed by atoms with E-state index in [4.69, 9.17) is 9.52 Å². The van der Waals surface area contributed by atoms with Crippen molar-refractivity contribution in [3.05, 3.63) is 35.6 Å². The summed E-state index contributed by atoms with van der Waals surface area (Å²) >= 11 is 0. The molecule has 0 spiro atoms. The lowest BCUT2D eigenvalue weighted by atomic mass is 10.1. The number of carboxylic acids is 1. The number of para-hydroxylation sites is 1. The molecule has 1 heterocycles. The largest absolute Gasteiger partial charge is 0.478 e. The van der Waals surface area contributed by atoms with Gasteiger partial charge in [-0.2, -0.15) is 0 Å². The van der Waals surface area contributed by atoms with E-state index in [1.807, 2.05) is 0 Å². The molecule has 5 nitrogen and oxygen atoms in total. The number of hydrogen-bond acceptors (Lipinski definition) is 4. The maximum absolute atomic E-state index is 11.2. The minimum Gasteiger partial charge on any atom is -0.478 e. The van der Waals surface area contributed by atoms with Gasteiger partial charge >= 0.3 is 5.97 Å². The topological polar surface area (TPSA) is 82.7 Å². The SMILES string of the molecule is O=C(O)c1c(CNCCO)oc2ccccc12. The van der Waals surface area contributed by atoms with Crippen molar-refractivity contribution in [3.63, 3.8) is 0 Å². The second kappa shape index (κ2) is 4.99. The minimum absolute atomic E-state index is 0.00261. The molecule has 90 valence electrons. The predicted octanol–water partition coefficient (Wildman–Crippen LogP) is 1.21. The highest BCUT2D eigenvalue weighted by Crippen LogP contribution is 2.25. The van der Waals surface area contributed by atoms with Crippen molar-refractivity contribution < 1.29 is 19.4 Å². The Bertz CT molecular complexity index is 532. The molecule has 0 saturated carbocycles. The van der Waals surface area contributed by atoms with Crippen LogP contribution in [0.1, 0.15) is 16.1 Å². The monoisotopic (exact) mass is 235 g/mol.